The van der Waals surface area contributed by atoms with Crippen molar-refractivity contribution in [2.24, 2.45) is 5.41 Å². The van der Waals surface area contributed by atoms with E-state index in [9.17, 15) is 4.79 Å². The van der Waals surface area contributed by atoms with Crippen LogP contribution in [0.3, 0.4) is 0 Å². The zero-order valence-corrected chi connectivity index (χ0v) is 15.1. The number of hydrogen-bond acceptors (Lipinski definition) is 3. The molecule has 0 unspecified atom stereocenters. The summed E-state index contributed by atoms with van der Waals surface area (Å²) in [7, 11) is 0. The second-order valence-corrected chi connectivity index (χ2v) is 7.19. The van der Waals surface area contributed by atoms with Crippen molar-refractivity contribution >= 4 is 18.3 Å². The highest BCUT2D eigenvalue weighted by molar-refractivity contribution is 5.85. The third kappa shape index (κ3) is 3.41. The van der Waals surface area contributed by atoms with Crippen LogP contribution in [0, 0.1) is 5.41 Å². The van der Waals surface area contributed by atoms with Gasteiger partial charge in [0.15, 0.2) is 0 Å². The number of halogens is 1. The Morgan fingerprint density at radius 3 is 2.39 bits per heavy atom. The monoisotopic (exact) mass is 340 g/mol. The Hall–Kier alpha value is -1.07. The number of aromatic nitrogens is 2. The molecule has 0 radical (unpaired) electrons. The van der Waals surface area contributed by atoms with Crippen molar-refractivity contribution in [2.45, 2.75) is 51.5 Å². The van der Waals surface area contributed by atoms with E-state index in [-0.39, 0.29) is 18.3 Å². The van der Waals surface area contributed by atoms with Gasteiger partial charge in [0.1, 0.15) is 5.54 Å². The molecular weight excluding hydrogens is 312 g/mol. The van der Waals surface area contributed by atoms with Gasteiger partial charge in [0, 0.05) is 25.5 Å². The average Bonchev–Trinajstić information content (AvgIpc) is 3.11. The normalized spacial score (nSPS) is 23.1. The number of amides is 1. The number of hydrogen-bond donors (Lipinski definition) is 1. The van der Waals surface area contributed by atoms with E-state index in [2.05, 4.69) is 29.2 Å². The predicted octanol–water partition coefficient (Wildman–Crippen LogP) is 2.42. The summed E-state index contributed by atoms with van der Waals surface area (Å²) in [4.78, 5) is 15.4. The van der Waals surface area contributed by atoms with E-state index in [1.165, 1.54) is 6.42 Å². The fourth-order valence-electron chi connectivity index (χ4n) is 3.80. The highest BCUT2D eigenvalue weighted by Crippen LogP contribution is 2.36. The van der Waals surface area contributed by atoms with Crippen molar-refractivity contribution in [2.75, 3.05) is 26.2 Å². The first-order chi connectivity index (χ1) is 10.6. The van der Waals surface area contributed by atoms with Crippen LogP contribution in [0.4, 0.5) is 0 Å². The summed E-state index contributed by atoms with van der Waals surface area (Å²) in [5, 5.41) is 7.78. The van der Waals surface area contributed by atoms with Crippen LogP contribution in [0.25, 0.3) is 0 Å². The van der Waals surface area contributed by atoms with Crippen LogP contribution in [0.2, 0.25) is 0 Å². The number of nitrogens with zero attached hydrogens (tertiary/aromatic N) is 3. The summed E-state index contributed by atoms with van der Waals surface area (Å²) in [6, 6.07) is 1.92. The van der Waals surface area contributed by atoms with Crippen LogP contribution in [0.5, 0.6) is 0 Å². The fourth-order valence-corrected chi connectivity index (χ4v) is 3.80. The molecule has 23 heavy (non-hydrogen) atoms. The van der Waals surface area contributed by atoms with Gasteiger partial charge in [-0.15, -0.1) is 12.4 Å². The number of nitrogens with one attached hydrogen (secondary N) is 1. The molecule has 1 aromatic rings. The summed E-state index contributed by atoms with van der Waals surface area (Å²) in [6.07, 6.45) is 8.81. The number of rotatable bonds is 3. The van der Waals surface area contributed by atoms with E-state index < -0.39 is 5.54 Å². The maximum absolute atomic E-state index is 13.3. The number of carbonyl (C=O) groups excluding carboxylic acids is 1. The molecule has 1 N–H and O–H groups in total. The third-order valence-corrected chi connectivity index (χ3v) is 5.88. The van der Waals surface area contributed by atoms with Gasteiger partial charge >= 0.3 is 0 Å². The Bertz CT molecular complexity index is 503. The third-order valence-electron chi connectivity index (χ3n) is 5.88. The first kappa shape index (κ1) is 18.3. The Balaban J connectivity index is 0.00000192. The smallest absolute Gasteiger partial charge is 0.250 e. The van der Waals surface area contributed by atoms with E-state index in [1.807, 2.05) is 16.9 Å². The molecule has 0 aliphatic carbocycles. The average molecular weight is 341 g/mol. The van der Waals surface area contributed by atoms with E-state index >= 15 is 0 Å². The lowest BCUT2D eigenvalue weighted by Crippen LogP contribution is -2.57. The van der Waals surface area contributed by atoms with Gasteiger partial charge in [-0.05, 0) is 50.3 Å². The molecule has 1 amide bonds. The summed E-state index contributed by atoms with van der Waals surface area (Å²) in [5.41, 5.74) is -0.0710. The van der Waals surface area contributed by atoms with E-state index in [4.69, 9.17) is 0 Å². The van der Waals surface area contributed by atoms with Crippen LogP contribution in [0.1, 0.15) is 46.0 Å². The quantitative estimate of drug-likeness (QED) is 0.919. The lowest BCUT2D eigenvalue weighted by atomic mass is 9.77. The predicted molar refractivity (Wildman–Crippen MR) is 93.8 cm³/mol. The fraction of sp³-hybridized carbons (Fsp3) is 0.765. The van der Waals surface area contributed by atoms with E-state index in [0.717, 1.165) is 51.9 Å². The molecule has 0 aromatic carbocycles. The van der Waals surface area contributed by atoms with Gasteiger partial charge in [0.2, 0.25) is 0 Å². The second-order valence-electron chi connectivity index (χ2n) is 7.19. The molecule has 2 aliphatic rings. The van der Waals surface area contributed by atoms with Gasteiger partial charge in [-0.3, -0.25) is 9.48 Å². The van der Waals surface area contributed by atoms with Crippen LogP contribution >= 0.6 is 12.4 Å². The molecule has 0 saturated carbocycles. The minimum atomic E-state index is -0.477. The Labute approximate surface area is 145 Å². The number of carbonyl (C=O) groups is 1. The van der Waals surface area contributed by atoms with Gasteiger partial charge < -0.3 is 10.2 Å². The van der Waals surface area contributed by atoms with Gasteiger partial charge in [-0.1, -0.05) is 20.3 Å². The highest BCUT2D eigenvalue weighted by atomic mass is 35.5. The molecule has 3 heterocycles. The second kappa shape index (κ2) is 7.22. The van der Waals surface area contributed by atoms with Gasteiger partial charge in [0.05, 0.1) is 0 Å². The maximum atomic E-state index is 13.3. The van der Waals surface area contributed by atoms with Crippen LogP contribution in [0.15, 0.2) is 18.5 Å². The van der Waals surface area contributed by atoms with Gasteiger partial charge in [-0.2, -0.15) is 5.10 Å². The molecule has 2 aliphatic heterocycles. The minimum absolute atomic E-state index is 0. The molecule has 5 nitrogen and oxygen atoms in total. The maximum Gasteiger partial charge on any atom is 0.250 e. The molecule has 0 atom stereocenters. The Morgan fingerprint density at radius 2 is 1.87 bits per heavy atom. The topological polar surface area (TPSA) is 50.2 Å². The molecule has 2 fully saturated rings. The van der Waals surface area contributed by atoms with Crippen LogP contribution < -0.4 is 5.32 Å². The molecule has 1 aromatic heterocycles. The van der Waals surface area contributed by atoms with Crippen molar-refractivity contribution in [1.82, 2.24) is 20.0 Å². The number of piperidine rings is 2. The Kier molecular flexibility index (Phi) is 5.74. The molecule has 2 saturated heterocycles. The van der Waals surface area contributed by atoms with Gasteiger partial charge in [-0.25, -0.2) is 0 Å². The summed E-state index contributed by atoms with van der Waals surface area (Å²) < 4.78 is 1.91. The van der Waals surface area contributed by atoms with Gasteiger partial charge in [0.25, 0.3) is 5.91 Å². The summed E-state index contributed by atoms with van der Waals surface area (Å²) >= 11 is 0. The molecule has 130 valence electrons. The zero-order chi connectivity index (χ0) is 15.6. The van der Waals surface area contributed by atoms with Crippen molar-refractivity contribution < 1.29 is 4.79 Å². The minimum Gasteiger partial charge on any atom is -0.341 e. The zero-order valence-electron chi connectivity index (χ0n) is 14.3. The highest BCUT2D eigenvalue weighted by Gasteiger charge is 2.45. The molecule has 0 spiro atoms. The van der Waals surface area contributed by atoms with E-state index in [1.54, 1.807) is 6.20 Å². The first-order valence-electron chi connectivity index (χ1n) is 8.60. The standard InChI is InChI=1S/C17H28N4O.ClH/c1-3-16(2)7-13-20(14-8-16)15(22)17(5-10-18-11-6-17)21-12-4-9-19-21;/h4,9,12,18H,3,5-8,10-11,13-14H2,1-2H3;1H. The molecule has 6 heteroatoms. The van der Waals surface area contributed by atoms with Crippen molar-refractivity contribution in [3.8, 4) is 0 Å². The largest absolute Gasteiger partial charge is 0.341 e. The molecular formula is C17H29ClN4O. The summed E-state index contributed by atoms with van der Waals surface area (Å²) in [6.45, 7) is 8.15. The lowest BCUT2D eigenvalue weighted by molar-refractivity contribution is -0.145. The van der Waals surface area contributed by atoms with E-state index in [0.29, 0.717) is 5.41 Å². The Morgan fingerprint density at radius 1 is 1.22 bits per heavy atom. The van der Waals surface area contributed by atoms with Crippen molar-refractivity contribution in [3.63, 3.8) is 0 Å². The first-order valence-corrected chi connectivity index (χ1v) is 8.60. The molecule has 0 bridgehead atoms. The summed E-state index contributed by atoms with van der Waals surface area (Å²) in [5.74, 6) is 0.274. The lowest BCUT2D eigenvalue weighted by Gasteiger charge is -2.44. The number of likely N-dealkylation sites (tertiary alicyclic amines) is 1. The van der Waals surface area contributed by atoms with Crippen molar-refractivity contribution in [3.05, 3.63) is 18.5 Å². The SMILES string of the molecule is CCC1(C)CCN(C(=O)C2(n3cccn3)CCNCC2)CC1.Cl. The van der Waals surface area contributed by atoms with Crippen LogP contribution in [-0.2, 0) is 10.3 Å². The molecule has 3 rings (SSSR count). The van der Waals surface area contributed by atoms with Crippen molar-refractivity contribution in [1.29, 1.82) is 0 Å². The van der Waals surface area contributed by atoms with Crippen LogP contribution in [-0.4, -0.2) is 46.8 Å².